The van der Waals surface area contributed by atoms with Crippen LogP contribution in [0.5, 0.6) is 0 Å². The van der Waals surface area contributed by atoms with Gasteiger partial charge in [-0.3, -0.25) is 0 Å². The number of unbranched alkanes of at least 4 members (excludes halogenated alkanes) is 22. The van der Waals surface area contributed by atoms with Crippen LogP contribution in [0.15, 0.2) is 91.0 Å². The Balaban J connectivity index is 1.75. The highest BCUT2D eigenvalue weighted by Crippen LogP contribution is 2.40. The highest BCUT2D eigenvalue weighted by atomic mass is 16.6. The summed E-state index contributed by atoms with van der Waals surface area (Å²) in [5.74, 6) is 0. The van der Waals surface area contributed by atoms with Gasteiger partial charge in [0.25, 0.3) is 0 Å². The third-order valence-corrected chi connectivity index (χ3v) is 13.3. The van der Waals surface area contributed by atoms with Gasteiger partial charge in [-0.2, -0.15) is 0 Å². The molecule has 0 amide bonds. The lowest BCUT2D eigenvalue weighted by Gasteiger charge is -2.36. The molecule has 3 rings (SSSR count). The molecule has 0 aliphatic carbocycles. The Morgan fingerprint density at radius 1 is 0.344 bits per heavy atom. The maximum absolute atomic E-state index is 7.19. The normalized spacial score (nSPS) is 13.3. The summed E-state index contributed by atoms with van der Waals surface area (Å²) in [5, 5.41) is 0. The number of hydrogen-bond acceptors (Lipinski definition) is 4. The summed E-state index contributed by atoms with van der Waals surface area (Å²) in [6, 6.07) is 32.0. The topological polar surface area (TPSA) is 36.9 Å². The van der Waals surface area contributed by atoms with E-state index in [1.807, 2.05) is 0 Å². The first-order chi connectivity index (χ1) is 31.7. The Morgan fingerprint density at radius 2 is 0.672 bits per heavy atom. The molecule has 0 aromatic heterocycles. The van der Waals surface area contributed by atoms with Crippen LogP contribution in [0, 0.1) is 0 Å². The van der Waals surface area contributed by atoms with E-state index in [2.05, 4.69) is 119 Å². The van der Waals surface area contributed by atoms with Gasteiger partial charge in [0.15, 0.2) is 0 Å². The Morgan fingerprint density at radius 3 is 1.03 bits per heavy atom. The Hall–Kier alpha value is -2.50. The molecule has 0 bridgehead atoms. The molecule has 0 spiro atoms. The van der Waals surface area contributed by atoms with Gasteiger partial charge in [-0.15, -0.1) is 0 Å². The molecular formula is C60H98O4. The highest BCUT2D eigenvalue weighted by molar-refractivity contribution is 5.47. The molecule has 3 atom stereocenters. The van der Waals surface area contributed by atoms with E-state index >= 15 is 0 Å². The molecule has 362 valence electrons. The van der Waals surface area contributed by atoms with Gasteiger partial charge in [0.2, 0.25) is 0 Å². The first-order valence-corrected chi connectivity index (χ1v) is 27.3. The molecule has 3 unspecified atom stereocenters. The van der Waals surface area contributed by atoms with Crippen LogP contribution in [0.3, 0.4) is 0 Å². The highest BCUT2D eigenvalue weighted by Gasteiger charge is 2.37. The summed E-state index contributed by atoms with van der Waals surface area (Å²) in [5.41, 5.74) is 2.58. The van der Waals surface area contributed by atoms with Gasteiger partial charge in [-0.05, 0) is 42.4 Å². The van der Waals surface area contributed by atoms with E-state index in [9.17, 15) is 0 Å². The second kappa shape index (κ2) is 38.6. The second-order valence-corrected chi connectivity index (χ2v) is 19.0. The summed E-state index contributed by atoms with van der Waals surface area (Å²) < 4.78 is 27.9. The zero-order chi connectivity index (χ0) is 45.4. The van der Waals surface area contributed by atoms with Gasteiger partial charge in [-0.1, -0.05) is 286 Å². The van der Waals surface area contributed by atoms with Crippen molar-refractivity contribution in [3.63, 3.8) is 0 Å². The van der Waals surface area contributed by atoms with Gasteiger partial charge in [0.1, 0.15) is 11.7 Å². The lowest BCUT2D eigenvalue weighted by atomic mass is 9.80. The lowest BCUT2D eigenvalue weighted by molar-refractivity contribution is -0.117. The summed E-state index contributed by atoms with van der Waals surface area (Å²) in [6.07, 6.45) is 39.5. The first-order valence-electron chi connectivity index (χ1n) is 27.3. The minimum absolute atomic E-state index is 0.0992. The van der Waals surface area contributed by atoms with Gasteiger partial charge >= 0.3 is 0 Å². The molecule has 0 radical (unpaired) electrons. The maximum Gasteiger partial charge on any atom is 0.143 e. The zero-order valence-corrected chi connectivity index (χ0v) is 42.1. The fraction of sp³-hybridized carbons (Fsp3) is 0.700. The van der Waals surface area contributed by atoms with Crippen LogP contribution >= 0.6 is 0 Å². The fourth-order valence-electron chi connectivity index (χ4n) is 9.43. The van der Waals surface area contributed by atoms with Crippen LogP contribution in [0.1, 0.15) is 237 Å². The van der Waals surface area contributed by atoms with Crippen molar-refractivity contribution in [3.8, 4) is 0 Å². The van der Waals surface area contributed by atoms with E-state index in [-0.39, 0.29) is 12.2 Å². The number of rotatable bonds is 44. The molecule has 4 nitrogen and oxygen atoms in total. The van der Waals surface area contributed by atoms with E-state index in [0.717, 1.165) is 42.4 Å². The van der Waals surface area contributed by atoms with Crippen molar-refractivity contribution in [1.29, 1.82) is 0 Å². The third kappa shape index (κ3) is 24.3. The molecule has 0 saturated heterocycles. The molecular weight excluding hydrogens is 785 g/mol. The minimum Gasteiger partial charge on any atom is -0.376 e. The molecule has 3 aromatic carbocycles. The predicted octanol–water partition coefficient (Wildman–Crippen LogP) is 17.9. The minimum atomic E-state index is -0.759. The molecule has 0 saturated carbocycles. The van der Waals surface area contributed by atoms with E-state index in [1.54, 1.807) is 0 Å². The molecule has 0 N–H and O–H groups in total. The van der Waals surface area contributed by atoms with Crippen molar-refractivity contribution in [3.05, 3.63) is 108 Å². The number of benzene rings is 3. The molecule has 0 heterocycles. The average Bonchev–Trinajstić information content (AvgIpc) is 3.33. The van der Waals surface area contributed by atoms with Crippen LogP contribution in [0.4, 0.5) is 0 Å². The van der Waals surface area contributed by atoms with Crippen LogP contribution in [-0.2, 0) is 24.5 Å². The van der Waals surface area contributed by atoms with Gasteiger partial charge < -0.3 is 18.9 Å². The van der Waals surface area contributed by atoms with Crippen molar-refractivity contribution >= 4 is 0 Å². The van der Waals surface area contributed by atoms with Gasteiger partial charge in [-0.25, -0.2) is 0 Å². The molecule has 64 heavy (non-hydrogen) atoms. The first kappa shape index (κ1) is 55.8. The van der Waals surface area contributed by atoms with Crippen molar-refractivity contribution in [1.82, 2.24) is 0 Å². The smallest absolute Gasteiger partial charge is 0.143 e. The Labute approximate surface area is 395 Å². The SMILES string of the molecule is CCCCCCCCCC(CCCCCCCC)OCC(COCCOC(c1ccccc1)(c1ccccc1)c1ccccc1)OC(CCCCCCCC)CCCCCCCCC. The second-order valence-electron chi connectivity index (χ2n) is 19.0. The van der Waals surface area contributed by atoms with Crippen molar-refractivity contribution in [2.75, 3.05) is 26.4 Å². The fourth-order valence-corrected chi connectivity index (χ4v) is 9.43. The van der Waals surface area contributed by atoms with Crippen LogP contribution in [-0.4, -0.2) is 44.7 Å². The van der Waals surface area contributed by atoms with Crippen LogP contribution in [0.25, 0.3) is 0 Å². The van der Waals surface area contributed by atoms with Crippen molar-refractivity contribution in [2.24, 2.45) is 0 Å². The molecule has 3 aromatic rings. The Bertz CT molecular complexity index is 1320. The monoisotopic (exact) mass is 883 g/mol. The maximum atomic E-state index is 7.19. The molecule has 0 aliphatic heterocycles. The molecule has 0 aliphatic rings. The Kier molecular flexibility index (Phi) is 33.7. The zero-order valence-electron chi connectivity index (χ0n) is 42.1. The van der Waals surface area contributed by atoms with E-state index in [4.69, 9.17) is 18.9 Å². The van der Waals surface area contributed by atoms with Gasteiger partial charge in [0.05, 0.1) is 38.6 Å². The largest absolute Gasteiger partial charge is 0.376 e. The standard InChI is InChI=1S/C60H98O4/c1-5-9-13-17-21-25-37-47-57(46-36-23-19-15-11-7-3)62-53-59(64-58(48-38-24-20-16-12-8-4)49-39-26-22-18-14-10-6-2)52-61-50-51-63-60(54-40-30-27-31-41-54,55-42-32-28-33-43-55)56-44-34-29-35-45-56/h27-35,40-45,57-59H,5-26,36-39,46-53H2,1-4H3. The van der Waals surface area contributed by atoms with Crippen molar-refractivity contribution in [2.45, 2.75) is 244 Å². The predicted molar refractivity (Wildman–Crippen MR) is 276 cm³/mol. The lowest BCUT2D eigenvalue weighted by Crippen LogP contribution is -2.35. The van der Waals surface area contributed by atoms with E-state index in [1.165, 1.54) is 167 Å². The third-order valence-electron chi connectivity index (χ3n) is 13.3. The average molecular weight is 883 g/mol. The van der Waals surface area contributed by atoms with E-state index < -0.39 is 5.60 Å². The quantitative estimate of drug-likeness (QED) is 0.0419. The molecule has 0 fully saturated rings. The van der Waals surface area contributed by atoms with E-state index in [0.29, 0.717) is 32.5 Å². The van der Waals surface area contributed by atoms with Crippen molar-refractivity contribution < 1.29 is 18.9 Å². The summed E-state index contributed by atoms with van der Waals surface area (Å²) in [4.78, 5) is 0. The summed E-state index contributed by atoms with van der Waals surface area (Å²) in [7, 11) is 0. The summed E-state index contributed by atoms with van der Waals surface area (Å²) >= 11 is 0. The number of hydrogen-bond donors (Lipinski definition) is 0. The number of ether oxygens (including phenoxy) is 4. The van der Waals surface area contributed by atoms with Gasteiger partial charge in [0, 0.05) is 0 Å². The molecule has 4 heteroatoms. The van der Waals surface area contributed by atoms with Crippen LogP contribution < -0.4 is 0 Å². The summed E-state index contributed by atoms with van der Waals surface area (Å²) in [6.45, 7) is 11.3. The van der Waals surface area contributed by atoms with Crippen LogP contribution in [0.2, 0.25) is 0 Å².